The molecule has 178 valence electrons. The maximum atomic E-state index is 4.69. The lowest BCUT2D eigenvalue weighted by atomic mass is 9.77. The average Bonchev–Trinajstić information content (AvgIpc) is 3.46. The molecule has 0 aliphatic heterocycles. The Morgan fingerprint density at radius 3 is 1.51 bits per heavy atom. The van der Waals surface area contributed by atoms with Crippen molar-refractivity contribution in [1.29, 1.82) is 0 Å². The summed E-state index contributed by atoms with van der Waals surface area (Å²) >= 11 is 0. The molecule has 0 unspecified atom stereocenters. The fourth-order valence-corrected chi connectivity index (χ4v) is 5.20. The molecule has 6 aromatic rings. The SMILES string of the molecule is Cc1ccc(-c2ccccc2-c2nn[nH][n+]2C(c2ccccc2)(c2ccccc2)c2ccccc2)cc1. The van der Waals surface area contributed by atoms with Crippen LogP contribution in [0.5, 0.6) is 0 Å². The first-order valence-corrected chi connectivity index (χ1v) is 12.4. The van der Waals surface area contributed by atoms with Gasteiger partial charge in [0.1, 0.15) is 5.10 Å². The van der Waals surface area contributed by atoms with Crippen molar-refractivity contribution in [2.75, 3.05) is 0 Å². The van der Waals surface area contributed by atoms with E-state index < -0.39 is 5.54 Å². The molecule has 0 aliphatic rings. The number of nitrogens with one attached hydrogen (secondary N) is 1. The van der Waals surface area contributed by atoms with Gasteiger partial charge in [-0.1, -0.05) is 144 Å². The fourth-order valence-electron chi connectivity index (χ4n) is 5.20. The molecular weight excluding hydrogens is 452 g/mol. The number of tetrazole rings is 1. The highest BCUT2D eigenvalue weighted by atomic mass is 15.6. The van der Waals surface area contributed by atoms with E-state index in [-0.39, 0.29) is 0 Å². The molecule has 0 saturated carbocycles. The summed E-state index contributed by atoms with van der Waals surface area (Å²) in [5.41, 5.74) is 7.07. The third-order valence-electron chi connectivity index (χ3n) is 6.94. The molecule has 0 bridgehead atoms. The van der Waals surface area contributed by atoms with Crippen LogP contribution in [0.15, 0.2) is 140 Å². The Labute approximate surface area is 216 Å². The molecule has 6 rings (SSSR count). The summed E-state index contributed by atoms with van der Waals surface area (Å²) in [7, 11) is 0. The van der Waals surface area contributed by atoms with Crippen LogP contribution in [-0.2, 0) is 5.54 Å². The molecule has 0 spiro atoms. The first-order valence-electron chi connectivity index (χ1n) is 12.4. The highest BCUT2D eigenvalue weighted by Gasteiger charge is 2.46. The number of hydrogen-bond donors (Lipinski definition) is 1. The molecule has 1 aromatic heterocycles. The summed E-state index contributed by atoms with van der Waals surface area (Å²) in [4.78, 5) is 0. The van der Waals surface area contributed by atoms with Crippen LogP contribution in [0.1, 0.15) is 22.3 Å². The maximum absolute atomic E-state index is 4.69. The van der Waals surface area contributed by atoms with E-state index >= 15 is 0 Å². The van der Waals surface area contributed by atoms with E-state index in [1.807, 2.05) is 18.2 Å². The molecule has 1 heterocycles. The number of benzene rings is 5. The minimum Gasteiger partial charge on any atom is -0.138 e. The molecule has 4 nitrogen and oxygen atoms in total. The molecule has 0 saturated heterocycles. The molecule has 0 amide bonds. The van der Waals surface area contributed by atoms with Gasteiger partial charge in [0.25, 0.3) is 0 Å². The van der Waals surface area contributed by atoms with Crippen LogP contribution < -0.4 is 4.68 Å². The van der Waals surface area contributed by atoms with Crippen LogP contribution in [0.25, 0.3) is 22.5 Å². The Morgan fingerprint density at radius 1 is 0.541 bits per heavy atom. The van der Waals surface area contributed by atoms with Crippen molar-refractivity contribution in [2.45, 2.75) is 12.5 Å². The molecule has 5 aromatic carbocycles. The lowest BCUT2D eigenvalue weighted by Crippen LogP contribution is -2.61. The van der Waals surface area contributed by atoms with Crippen molar-refractivity contribution in [3.63, 3.8) is 0 Å². The van der Waals surface area contributed by atoms with Gasteiger partial charge in [-0.05, 0) is 24.1 Å². The van der Waals surface area contributed by atoms with Gasteiger partial charge >= 0.3 is 5.82 Å². The topological polar surface area (TPSA) is 45.5 Å². The number of H-pyrrole nitrogens is 1. The van der Waals surface area contributed by atoms with Crippen LogP contribution in [0.3, 0.4) is 0 Å². The van der Waals surface area contributed by atoms with Gasteiger partial charge in [-0.2, -0.15) is 0 Å². The molecule has 4 heteroatoms. The Hall–Kier alpha value is -4.83. The van der Waals surface area contributed by atoms with Crippen LogP contribution in [0, 0.1) is 6.92 Å². The van der Waals surface area contributed by atoms with E-state index in [2.05, 4.69) is 143 Å². The zero-order chi connectivity index (χ0) is 25.1. The maximum Gasteiger partial charge on any atom is 0.334 e. The quantitative estimate of drug-likeness (QED) is 0.217. The fraction of sp³-hybridized carbons (Fsp3) is 0.0606. The molecule has 0 radical (unpaired) electrons. The Morgan fingerprint density at radius 2 is 1.00 bits per heavy atom. The van der Waals surface area contributed by atoms with Gasteiger partial charge in [0.15, 0.2) is 10.8 Å². The van der Waals surface area contributed by atoms with E-state index in [9.17, 15) is 0 Å². The standard InChI is InChI=1S/C33H26N4/c1-25-21-23-26(24-22-25)30-19-11-12-20-31(30)32-34-35-36-37(32)33(27-13-5-2-6-14-27,28-15-7-3-8-16-28)29-17-9-4-10-18-29/h2-24H,1H3/p+1. The van der Waals surface area contributed by atoms with Crippen LogP contribution in [0.4, 0.5) is 0 Å². The summed E-state index contributed by atoms with van der Waals surface area (Å²) in [6.45, 7) is 2.11. The lowest BCUT2D eigenvalue weighted by Gasteiger charge is -2.33. The van der Waals surface area contributed by atoms with Gasteiger partial charge in [-0.15, -0.1) is 4.68 Å². The van der Waals surface area contributed by atoms with Crippen molar-refractivity contribution in [1.82, 2.24) is 15.5 Å². The van der Waals surface area contributed by atoms with E-state index in [1.54, 1.807) is 0 Å². The molecule has 0 fully saturated rings. The highest BCUT2D eigenvalue weighted by Crippen LogP contribution is 2.38. The second-order valence-corrected chi connectivity index (χ2v) is 9.18. The molecule has 1 N–H and O–H groups in total. The molecule has 0 aliphatic carbocycles. The molecule has 0 atom stereocenters. The number of aryl methyl sites for hydroxylation is 1. The van der Waals surface area contributed by atoms with Crippen molar-refractivity contribution in [3.8, 4) is 22.5 Å². The van der Waals surface area contributed by atoms with Crippen LogP contribution in [0.2, 0.25) is 0 Å². The van der Waals surface area contributed by atoms with Gasteiger partial charge in [0.2, 0.25) is 0 Å². The lowest BCUT2D eigenvalue weighted by molar-refractivity contribution is -0.779. The second-order valence-electron chi connectivity index (χ2n) is 9.18. The Bertz CT molecular complexity index is 1510. The average molecular weight is 480 g/mol. The van der Waals surface area contributed by atoms with E-state index in [0.29, 0.717) is 0 Å². The molecule has 37 heavy (non-hydrogen) atoms. The predicted octanol–water partition coefficient (Wildman–Crippen LogP) is 6.57. The minimum absolute atomic E-state index is 0.733. The van der Waals surface area contributed by atoms with Crippen LogP contribution >= 0.6 is 0 Å². The largest absolute Gasteiger partial charge is 0.334 e. The van der Waals surface area contributed by atoms with Gasteiger partial charge in [0.05, 0.1) is 5.56 Å². The normalized spacial score (nSPS) is 11.4. The summed E-state index contributed by atoms with van der Waals surface area (Å²) in [6, 6.07) is 48.7. The van der Waals surface area contributed by atoms with Gasteiger partial charge in [-0.3, -0.25) is 0 Å². The van der Waals surface area contributed by atoms with E-state index in [0.717, 1.165) is 39.2 Å². The van der Waals surface area contributed by atoms with E-state index in [1.165, 1.54) is 5.56 Å². The number of nitrogens with zero attached hydrogens (tertiary/aromatic N) is 3. The summed E-state index contributed by atoms with van der Waals surface area (Å²) in [6.07, 6.45) is 0. The summed E-state index contributed by atoms with van der Waals surface area (Å²) in [5, 5.41) is 12.4. The van der Waals surface area contributed by atoms with Crippen LogP contribution in [-0.4, -0.2) is 15.5 Å². The van der Waals surface area contributed by atoms with Gasteiger partial charge in [0, 0.05) is 16.7 Å². The number of rotatable bonds is 6. The Balaban J connectivity index is 1.69. The second kappa shape index (κ2) is 9.67. The summed E-state index contributed by atoms with van der Waals surface area (Å²) in [5.74, 6) is 0.757. The van der Waals surface area contributed by atoms with Gasteiger partial charge < -0.3 is 0 Å². The minimum atomic E-state index is -0.733. The first-order chi connectivity index (χ1) is 18.3. The first kappa shape index (κ1) is 22.6. The highest BCUT2D eigenvalue weighted by molar-refractivity contribution is 5.79. The monoisotopic (exact) mass is 479 g/mol. The predicted molar refractivity (Wildman–Crippen MR) is 147 cm³/mol. The van der Waals surface area contributed by atoms with Crippen molar-refractivity contribution in [2.24, 2.45) is 0 Å². The molecular formula is C33H27N4+. The zero-order valence-corrected chi connectivity index (χ0v) is 20.6. The third kappa shape index (κ3) is 3.93. The number of aromatic amines is 1. The van der Waals surface area contributed by atoms with Crippen molar-refractivity contribution in [3.05, 3.63) is 162 Å². The third-order valence-corrected chi connectivity index (χ3v) is 6.94. The van der Waals surface area contributed by atoms with E-state index in [4.69, 9.17) is 5.10 Å². The Kier molecular flexibility index (Phi) is 5.91. The van der Waals surface area contributed by atoms with Gasteiger partial charge in [-0.25, -0.2) is 0 Å². The number of hydrogen-bond acceptors (Lipinski definition) is 2. The zero-order valence-electron chi connectivity index (χ0n) is 20.6. The van der Waals surface area contributed by atoms with Crippen molar-refractivity contribution < 1.29 is 4.68 Å². The van der Waals surface area contributed by atoms with Crippen molar-refractivity contribution >= 4 is 0 Å². The number of aromatic nitrogens is 4. The summed E-state index contributed by atoms with van der Waals surface area (Å²) < 4.78 is 2.11. The smallest absolute Gasteiger partial charge is 0.138 e.